The molecular weight excluding hydrogens is 407 g/mol. The number of nitrogens with one attached hydrogen (secondary N) is 1. The molecule has 0 saturated heterocycles. The van der Waals surface area contributed by atoms with Crippen molar-refractivity contribution in [3.05, 3.63) is 53.8 Å². The van der Waals surface area contributed by atoms with Crippen LogP contribution in [0.4, 0.5) is 4.39 Å². The van der Waals surface area contributed by atoms with E-state index in [1.165, 1.54) is 17.8 Å². The Labute approximate surface area is 177 Å². The van der Waals surface area contributed by atoms with Crippen LogP contribution >= 0.6 is 11.8 Å². The van der Waals surface area contributed by atoms with Crippen LogP contribution in [-0.2, 0) is 18.3 Å². The number of hydrogen-bond donors (Lipinski definition) is 1. The summed E-state index contributed by atoms with van der Waals surface area (Å²) in [6.07, 6.45) is 0.689. The number of thioether (sulfide) groups is 1. The van der Waals surface area contributed by atoms with Crippen molar-refractivity contribution in [2.45, 2.75) is 11.6 Å². The first-order valence-electron chi connectivity index (χ1n) is 9.54. The zero-order valence-electron chi connectivity index (χ0n) is 16.4. The second-order valence-corrected chi connectivity index (χ2v) is 7.65. The van der Waals surface area contributed by atoms with E-state index in [9.17, 15) is 9.18 Å². The van der Waals surface area contributed by atoms with E-state index in [-0.39, 0.29) is 17.5 Å². The Kier molecular flexibility index (Phi) is 6.18. The van der Waals surface area contributed by atoms with Crippen LogP contribution in [0.5, 0.6) is 11.5 Å². The largest absolute Gasteiger partial charge is 0.486 e. The molecule has 9 heteroatoms. The van der Waals surface area contributed by atoms with Crippen LogP contribution in [0, 0.1) is 5.82 Å². The molecule has 0 spiro atoms. The average Bonchev–Trinajstić information content (AvgIpc) is 3.12. The molecule has 0 aliphatic carbocycles. The van der Waals surface area contributed by atoms with Crippen LogP contribution in [-0.4, -0.2) is 46.2 Å². The minimum Gasteiger partial charge on any atom is -0.486 e. The molecule has 30 heavy (non-hydrogen) atoms. The molecule has 1 aliphatic heterocycles. The molecule has 4 rings (SSSR count). The van der Waals surface area contributed by atoms with Crippen molar-refractivity contribution in [2.75, 3.05) is 25.5 Å². The van der Waals surface area contributed by atoms with Gasteiger partial charge in [-0.05, 0) is 36.2 Å². The van der Waals surface area contributed by atoms with Crippen molar-refractivity contribution in [2.24, 2.45) is 7.05 Å². The quantitative estimate of drug-likeness (QED) is 0.583. The van der Waals surface area contributed by atoms with Gasteiger partial charge in [0.05, 0.1) is 11.3 Å². The lowest BCUT2D eigenvalue weighted by molar-refractivity contribution is -0.118. The number of amides is 1. The Hall–Kier alpha value is -3.07. The lowest BCUT2D eigenvalue weighted by atomic mass is 10.1. The van der Waals surface area contributed by atoms with Gasteiger partial charge in [-0.2, -0.15) is 0 Å². The molecule has 7 nitrogen and oxygen atoms in total. The van der Waals surface area contributed by atoms with Crippen molar-refractivity contribution in [1.82, 2.24) is 20.1 Å². The van der Waals surface area contributed by atoms with E-state index in [4.69, 9.17) is 9.47 Å². The molecular formula is C21H21FN4O3S. The number of ether oxygens (including phenoxy) is 2. The smallest absolute Gasteiger partial charge is 0.230 e. The van der Waals surface area contributed by atoms with Crippen LogP contribution < -0.4 is 14.8 Å². The second-order valence-electron chi connectivity index (χ2n) is 6.71. The molecule has 0 fully saturated rings. The first-order chi connectivity index (χ1) is 14.6. The van der Waals surface area contributed by atoms with Crippen molar-refractivity contribution < 1.29 is 18.7 Å². The molecule has 0 saturated carbocycles. The fraction of sp³-hybridized carbons (Fsp3) is 0.286. The third-order valence-electron chi connectivity index (χ3n) is 4.62. The number of benzene rings is 2. The average molecular weight is 428 g/mol. The molecule has 156 valence electrons. The highest BCUT2D eigenvalue weighted by Gasteiger charge is 2.16. The molecule has 0 radical (unpaired) electrons. The summed E-state index contributed by atoms with van der Waals surface area (Å²) in [4.78, 5) is 12.2. The predicted molar refractivity (Wildman–Crippen MR) is 111 cm³/mol. The number of carbonyl (C=O) groups is 1. The Balaban J connectivity index is 1.27. The highest BCUT2D eigenvalue weighted by Crippen LogP contribution is 2.30. The molecule has 0 unspecified atom stereocenters. The van der Waals surface area contributed by atoms with E-state index in [0.717, 1.165) is 17.1 Å². The van der Waals surface area contributed by atoms with Crippen molar-refractivity contribution >= 4 is 17.7 Å². The van der Waals surface area contributed by atoms with Gasteiger partial charge < -0.3 is 19.4 Å². The lowest BCUT2D eigenvalue weighted by Crippen LogP contribution is -2.27. The number of halogens is 1. The van der Waals surface area contributed by atoms with Gasteiger partial charge in [-0.25, -0.2) is 4.39 Å². The van der Waals surface area contributed by atoms with E-state index in [0.29, 0.717) is 42.7 Å². The zero-order chi connectivity index (χ0) is 20.9. The third-order valence-corrected chi connectivity index (χ3v) is 5.64. The van der Waals surface area contributed by atoms with Crippen molar-refractivity contribution in [1.29, 1.82) is 0 Å². The molecule has 1 aromatic heterocycles. The number of rotatable bonds is 7. The minimum atomic E-state index is -0.360. The Morgan fingerprint density at radius 3 is 2.80 bits per heavy atom. The van der Waals surface area contributed by atoms with Crippen LogP contribution in [0.25, 0.3) is 11.4 Å². The molecule has 3 aromatic rings. The van der Waals surface area contributed by atoms with E-state index in [2.05, 4.69) is 15.5 Å². The summed E-state index contributed by atoms with van der Waals surface area (Å²) in [5.74, 6) is 1.66. The Bertz CT molecular complexity index is 1060. The van der Waals surface area contributed by atoms with E-state index in [1.54, 1.807) is 29.8 Å². The second kappa shape index (κ2) is 9.17. The van der Waals surface area contributed by atoms with E-state index < -0.39 is 0 Å². The van der Waals surface area contributed by atoms with Gasteiger partial charge in [0.25, 0.3) is 0 Å². The zero-order valence-corrected chi connectivity index (χ0v) is 17.2. The van der Waals surface area contributed by atoms with Gasteiger partial charge in [-0.15, -0.1) is 10.2 Å². The minimum absolute atomic E-state index is 0.104. The van der Waals surface area contributed by atoms with Gasteiger partial charge in [-0.1, -0.05) is 30.0 Å². The fourth-order valence-electron chi connectivity index (χ4n) is 3.09. The Morgan fingerprint density at radius 2 is 1.97 bits per heavy atom. The summed E-state index contributed by atoms with van der Waals surface area (Å²) in [7, 11) is 1.75. The number of hydrogen-bond acceptors (Lipinski definition) is 6. The lowest BCUT2D eigenvalue weighted by Gasteiger charge is -2.18. The van der Waals surface area contributed by atoms with E-state index >= 15 is 0 Å². The van der Waals surface area contributed by atoms with Crippen LogP contribution in [0.3, 0.4) is 0 Å². The van der Waals surface area contributed by atoms with Gasteiger partial charge in [0.15, 0.2) is 22.5 Å². The molecule has 1 amide bonds. The summed E-state index contributed by atoms with van der Waals surface area (Å²) in [6.45, 7) is 1.62. The normalized spacial score (nSPS) is 12.6. The summed E-state index contributed by atoms with van der Waals surface area (Å²) < 4.78 is 26.8. The molecule has 2 aromatic carbocycles. The molecule has 2 heterocycles. The summed E-state index contributed by atoms with van der Waals surface area (Å²) in [5, 5.41) is 11.6. The monoisotopic (exact) mass is 428 g/mol. The first-order valence-corrected chi connectivity index (χ1v) is 10.5. The van der Waals surface area contributed by atoms with Crippen LogP contribution in [0.1, 0.15) is 5.56 Å². The Morgan fingerprint density at radius 1 is 1.17 bits per heavy atom. The number of nitrogens with zero attached hydrogens (tertiary/aromatic N) is 3. The van der Waals surface area contributed by atoms with Gasteiger partial charge in [-0.3, -0.25) is 4.79 Å². The van der Waals surface area contributed by atoms with Crippen molar-refractivity contribution in [3.63, 3.8) is 0 Å². The van der Waals surface area contributed by atoms with Gasteiger partial charge in [0, 0.05) is 13.6 Å². The molecule has 1 aliphatic rings. The summed E-state index contributed by atoms with van der Waals surface area (Å²) >= 11 is 1.26. The van der Waals surface area contributed by atoms with Crippen LogP contribution in [0.15, 0.2) is 47.6 Å². The predicted octanol–water partition coefficient (Wildman–Crippen LogP) is 2.84. The molecule has 1 N–H and O–H groups in total. The molecule has 0 atom stereocenters. The number of carbonyl (C=O) groups excluding carboxylic acids is 1. The standard InChI is InChI=1S/C21H21FN4O3S/c1-26-20(15-4-2-3-5-16(15)22)24-25-21(26)30-13-19(27)23-9-8-14-6-7-17-18(12-14)29-11-10-28-17/h2-7,12H,8-11,13H2,1H3,(H,23,27). The highest BCUT2D eigenvalue weighted by molar-refractivity contribution is 7.99. The maximum atomic E-state index is 14.0. The highest BCUT2D eigenvalue weighted by atomic mass is 32.2. The van der Waals surface area contributed by atoms with Crippen molar-refractivity contribution in [3.8, 4) is 22.9 Å². The number of fused-ring (bicyclic) bond motifs is 1. The molecule has 0 bridgehead atoms. The number of aromatic nitrogens is 3. The topological polar surface area (TPSA) is 78.3 Å². The maximum absolute atomic E-state index is 14.0. The van der Waals surface area contributed by atoms with Crippen LogP contribution in [0.2, 0.25) is 0 Å². The maximum Gasteiger partial charge on any atom is 0.230 e. The summed E-state index contributed by atoms with van der Waals surface area (Å²) in [5.41, 5.74) is 1.44. The van der Waals surface area contributed by atoms with Gasteiger partial charge >= 0.3 is 0 Å². The first kappa shape index (κ1) is 20.2. The fourth-order valence-corrected chi connectivity index (χ4v) is 3.83. The third kappa shape index (κ3) is 4.56. The summed E-state index contributed by atoms with van der Waals surface area (Å²) in [6, 6.07) is 12.2. The van der Waals surface area contributed by atoms with E-state index in [1.807, 2.05) is 18.2 Å². The van der Waals surface area contributed by atoms with Gasteiger partial charge in [0.2, 0.25) is 5.91 Å². The van der Waals surface area contributed by atoms with Gasteiger partial charge in [0.1, 0.15) is 19.0 Å². The SMILES string of the molecule is Cn1c(SCC(=O)NCCc2ccc3c(c2)OCCO3)nnc1-c1ccccc1F.